The van der Waals surface area contributed by atoms with Gasteiger partial charge in [-0.3, -0.25) is 0 Å². The number of hydrogen-bond acceptors (Lipinski definition) is 2. The molecule has 1 rings (SSSR count). The van der Waals surface area contributed by atoms with Crippen molar-refractivity contribution in [1.82, 2.24) is 15.5 Å². The van der Waals surface area contributed by atoms with Gasteiger partial charge in [0.15, 0.2) is 5.96 Å². The summed E-state index contributed by atoms with van der Waals surface area (Å²) in [7, 11) is 4.14. The van der Waals surface area contributed by atoms with E-state index in [-0.39, 0.29) is 0 Å². The lowest BCUT2D eigenvalue weighted by Gasteiger charge is -2.10. The van der Waals surface area contributed by atoms with Crippen molar-refractivity contribution >= 4 is 5.96 Å². The molecule has 0 bridgehead atoms. The molecular formula is C16H24N4. The second-order valence-electron chi connectivity index (χ2n) is 4.81. The molecule has 0 aliphatic heterocycles. The number of terminal acetylenes is 1. The normalized spacial score (nSPS) is 11.2. The Bertz CT molecular complexity index is 454. The molecule has 0 atom stereocenters. The van der Waals surface area contributed by atoms with Gasteiger partial charge in [0.05, 0.1) is 13.1 Å². The number of aliphatic imine (C=N–C) groups is 1. The van der Waals surface area contributed by atoms with Gasteiger partial charge < -0.3 is 15.5 Å². The fourth-order valence-electron chi connectivity index (χ4n) is 1.76. The van der Waals surface area contributed by atoms with Crippen LogP contribution in [0.15, 0.2) is 29.3 Å². The van der Waals surface area contributed by atoms with Crippen molar-refractivity contribution in [2.45, 2.75) is 20.0 Å². The van der Waals surface area contributed by atoms with Gasteiger partial charge in [0.1, 0.15) is 0 Å². The topological polar surface area (TPSA) is 39.7 Å². The molecule has 0 unspecified atom stereocenters. The van der Waals surface area contributed by atoms with Crippen molar-refractivity contribution in [2.24, 2.45) is 4.99 Å². The van der Waals surface area contributed by atoms with E-state index in [1.807, 2.05) is 6.92 Å². The Balaban J connectivity index is 2.59. The van der Waals surface area contributed by atoms with E-state index < -0.39 is 0 Å². The average molecular weight is 272 g/mol. The summed E-state index contributed by atoms with van der Waals surface area (Å²) in [6.07, 6.45) is 5.24. The number of guanidine groups is 1. The lowest BCUT2D eigenvalue weighted by atomic mass is 10.1. The lowest BCUT2D eigenvalue weighted by molar-refractivity contribution is 0.402. The van der Waals surface area contributed by atoms with E-state index in [1.54, 1.807) is 0 Å². The van der Waals surface area contributed by atoms with E-state index in [0.29, 0.717) is 13.1 Å². The van der Waals surface area contributed by atoms with Crippen LogP contribution in [0.5, 0.6) is 0 Å². The third-order valence-corrected chi connectivity index (χ3v) is 2.64. The van der Waals surface area contributed by atoms with Crippen LogP contribution in [0, 0.1) is 12.3 Å². The average Bonchev–Trinajstić information content (AvgIpc) is 2.43. The van der Waals surface area contributed by atoms with Crippen LogP contribution in [0.2, 0.25) is 0 Å². The molecule has 4 nitrogen and oxygen atoms in total. The predicted molar refractivity (Wildman–Crippen MR) is 85.5 cm³/mol. The maximum Gasteiger partial charge on any atom is 0.192 e. The van der Waals surface area contributed by atoms with E-state index in [4.69, 9.17) is 6.42 Å². The van der Waals surface area contributed by atoms with E-state index in [9.17, 15) is 0 Å². The second kappa shape index (κ2) is 9.00. The molecule has 108 valence electrons. The molecule has 0 saturated carbocycles. The Labute approximate surface area is 122 Å². The van der Waals surface area contributed by atoms with Gasteiger partial charge in [-0.15, -0.1) is 6.42 Å². The number of hydrogen-bond donors (Lipinski definition) is 2. The summed E-state index contributed by atoms with van der Waals surface area (Å²) in [5.41, 5.74) is 2.49. The molecule has 0 radical (unpaired) electrons. The van der Waals surface area contributed by atoms with Gasteiger partial charge in [-0.1, -0.05) is 30.2 Å². The third-order valence-electron chi connectivity index (χ3n) is 2.64. The highest BCUT2D eigenvalue weighted by Crippen LogP contribution is 2.07. The minimum atomic E-state index is 0.480. The maximum atomic E-state index is 5.24. The summed E-state index contributed by atoms with van der Waals surface area (Å²) < 4.78 is 0. The van der Waals surface area contributed by atoms with Gasteiger partial charge in [-0.05, 0) is 32.1 Å². The van der Waals surface area contributed by atoms with Crippen LogP contribution in [0.25, 0.3) is 0 Å². The molecular weight excluding hydrogens is 248 g/mol. The molecule has 0 aliphatic carbocycles. The predicted octanol–water partition coefficient (Wildman–Crippen LogP) is 1.44. The van der Waals surface area contributed by atoms with Crippen molar-refractivity contribution in [1.29, 1.82) is 0 Å². The van der Waals surface area contributed by atoms with E-state index in [0.717, 1.165) is 19.0 Å². The lowest BCUT2D eigenvalue weighted by Crippen LogP contribution is -2.37. The van der Waals surface area contributed by atoms with Gasteiger partial charge in [0.25, 0.3) is 0 Å². The molecule has 4 heteroatoms. The van der Waals surface area contributed by atoms with Gasteiger partial charge in [-0.2, -0.15) is 0 Å². The van der Waals surface area contributed by atoms with Crippen LogP contribution >= 0.6 is 0 Å². The first-order valence-corrected chi connectivity index (χ1v) is 6.84. The molecule has 0 saturated heterocycles. The summed E-state index contributed by atoms with van der Waals surface area (Å²) in [5, 5.41) is 6.24. The smallest absolute Gasteiger partial charge is 0.192 e. The molecule has 0 aromatic heterocycles. The van der Waals surface area contributed by atoms with Crippen LogP contribution in [0.4, 0.5) is 0 Å². The highest BCUT2D eigenvalue weighted by atomic mass is 15.2. The molecule has 1 aromatic rings. The van der Waals surface area contributed by atoms with Crippen LogP contribution in [-0.2, 0) is 13.1 Å². The fourth-order valence-corrected chi connectivity index (χ4v) is 1.76. The summed E-state index contributed by atoms with van der Waals surface area (Å²) in [5.74, 6) is 3.30. The molecule has 0 heterocycles. The van der Waals surface area contributed by atoms with Gasteiger partial charge in [0.2, 0.25) is 0 Å². The summed E-state index contributed by atoms with van der Waals surface area (Å²) in [4.78, 5) is 6.65. The van der Waals surface area contributed by atoms with E-state index >= 15 is 0 Å². The molecule has 0 amide bonds. The van der Waals surface area contributed by atoms with Gasteiger partial charge in [-0.25, -0.2) is 4.99 Å². The highest BCUT2D eigenvalue weighted by Gasteiger charge is 1.98. The fraction of sp³-hybridized carbons (Fsp3) is 0.438. The Morgan fingerprint density at radius 1 is 1.20 bits per heavy atom. The first-order valence-electron chi connectivity index (χ1n) is 6.84. The quantitative estimate of drug-likeness (QED) is 0.468. The SMILES string of the molecule is C#CCNC(=NCc1ccc(CN(C)C)cc1)NCC. The Hall–Kier alpha value is -1.99. The highest BCUT2D eigenvalue weighted by molar-refractivity contribution is 5.79. The summed E-state index contributed by atoms with van der Waals surface area (Å²) in [6, 6.07) is 8.53. The molecule has 2 N–H and O–H groups in total. The van der Waals surface area contributed by atoms with Crippen LogP contribution in [0.3, 0.4) is 0 Å². The van der Waals surface area contributed by atoms with Crippen molar-refractivity contribution in [3.8, 4) is 12.3 Å². The summed E-state index contributed by atoms with van der Waals surface area (Å²) in [6.45, 7) is 4.92. The van der Waals surface area contributed by atoms with Crippen LogP contribution < -0.4 is 10.6 Å². The van der Waals surface area contributed by atoms with Crippen molar-refractivity contribution < 1.29 is 0 Å². The molecule has 0 spiro atoms. The first-order chi connectivity index (χ1) is 9.65. The number of benzene rings is 1. The number of nitrogens with zero attached hydrogens (tertiary/aromatic N) is 2. The maximum absolute atomic E-state index is 5.24. The molecule has 20 heavy (non-hydrogen) atoms. The third kappa shape index (κ3) is 6.26. The minimum Gasteiger partial charge on any atom is -0.357 e. The first kappa shape index (κ1) is 16.1. The zero-order valence-electron chi connectivity index (χ0n) is 12.6. The Morgan fingerprint density at radius 2 is 1.85 bits per heavy atom. The minimum absolute atomic E-state index is 0.480. The standard InChI is InChI=1S/C16H24N4/c1-5-11-18-16(17-6-2)19-12-14-7-9-15(10-8-14)13-20(3)4/h1,7-10H,6,11-13H2,2-4H3,(H2,17,18,19). The van der Waals surface area contributed by atoms with Gasteiger partial charge >= 0.3 is 0 Å². The monoisotopic (exact) mass is 272 g/mol. The summed E-state index contributed by atoms with van der Waals surface area (Å²) >= 11 is 0. The van der Waals surface area contributed by atoms with E-state index in [2.05, 4.69) is 64.8 Å². The largest absolute Gasteiger partial charge is 0.357 e. The zero-order chi connectivity index (χ0) is 14.8. The molecule has 1 aromatic carbocycles. The second-order valence-corrected chi connectivity index (χ2v) is 4.81. The van der Waals surface area contributed by atoms with Crippen LogP contribution in [0.1, 0.15) is 18.1 Å². The Morgan fingerprint density at radius 3 is 2.40 bits per heavy atom. The van der Waals surface area contributed by atoms with Crippen LogP contribution in [-0.4, -0.2) is 38.0 Å². The van der Waals surface area contributed by atoms with E-state index in [1.165, 1.54) is 11.1 Å². The molecule has 0 aliphatic rings. The Kier molecular flexibility index (Phi) is 7.23. The number of rotatable bonds is 6. The van der Waals surface area contributed by atoms with Gasteiger partial charge in [0, 0.05) is 13.1 Å². The van der Waals surface area contributed by atoms with Crippen molar-refractivity contribution in [3.63, 3.8) is 0 Å². The van der Waals surface area contributed by atoms with Crippen molar-refractivity contribution in [3.05, 3.63) is 35.4 Å². The number of nitrogens with one attached hydrogen (secondary N) is 2. The van der Waals surface area contributed by atoms with Crippen molar-refractivity contribution in [2.75, 3.05) is 27.2 Å². The zero-order valence-corrected chi connectivity index (χ0v) is 12.6. The molecule has 0 fully saturated rings.